The smallest absolute Gasteiger partial charge is 0.245 e. The highest BCUT2D eigenvalue weighted by Crippen LogP contribution is 2.36. The third-order valence-corrected chi connectivity index (χ3v) is 3.63. The summed E-state index contributed by atoms with van der Waals surface area (Å²) < 4.78 is 0. The first kappa shape index (κ1) is 12.7. The van der Waals surface area contributed by atoms with Crippen molar-refractivity contribution in [2.75, 3.05) is 23.4 Å². The van der Waals surface area contributed by atoms with E-state index in [4.69, 9.17) is 5.73 Å². The van der Waals surface area contributed by atoms with E-state index in [-0.39, 0.29) is 5.91 Å². The van der Waals surface area contributed by atoms with Gasteiger partial charge in [0.2, 0.25) is 5.91 Å². The minimum atomic E-state index is -0.535. The number of fused-ring (bicyclic) bond motifs is 1. The van der Waals surface area contributed by atoms with Gasteiger partial charge in [0, 0.05) is 19.3 Å². The maximum atomic E-state index is 12.3. The van der Waals surface area contributed by atoms with Crippen LogP contribution in [-0.4, -0.2) is 25.5 Å². The van der Waals surface area contributed by atoms with Gasteiger partial charge in [-0.25, -0.2) is 0 Å². The summed E-state index contributed by atoms with van der Waals surface area (Å²) >= 11 is 0. The first-order chi connectivity index (χ1) is 9.68. The standard InChI is InChI=1S/C16H17N3O/c1-18-14-9-5-6-10-15(14)19(11-13(17)16(18)20)12-7-3-2-4-8-12/h2-10,13H,11,17H2,1H3. The third kappa shape index (κ3) is 2.04. The van der Waals surface area contributed by atoms with Crippen LogP contribution in [0.5, 0.6) is 0 Å². The molecule has 102 valence electrons. The lowest BCUT2D eigenvalue weighted by Crippen LogP contribution is -2.45. The molecule has 1 aliphatic rings. The molecule has 1 unspecified atom stereocenters. The van der Waals surface area contributed by atoms with Crippen LogP contribution in [0.3, 0.4) is 0 Å². The minimum absolute atomic E-state index is 0.0594. The van der Waals surface area contributed by atoms with Gasteiger partial charge in [-0.15, -0.1) is 0 Å². The molecule has 4 nitrogen and oxygen atoms in total. The van der Waals surface area contributed by atoms with Crippen molar-refractivity contribution < 1.29 is 4.79 Å². The fourth-order valence-electron chi connectivity index (χ4n) is 2.57. The second kappa shape index (κ2) is 4.98. The van der Waals surface area contributed by atoms with Gasteiger partial charge in [-0.05, 0) is 24.3 Å². The molecule has 1 amide bonds. The second-order valence-electron chi connectivity index (χ2n) is 4.94. The van der Waals surface area contributed by atoms with Gasteiger partial charge in [0.25, 0.3) is 0 Å². The lowest BCUT2D eigenvalue weighted by molar-refractivity contribution is -0.119. The van der Waals surface area contributed by atoms with E-state index in [1.54, 1.807) is 11.9 Å². The third-order valence-electron chi connectivity index (χ3n) is 3.63. The van der Waals surface area contributed by atoms with E-state index in [1.165, 1.54) is 0 Å². The van der Waals surface area contributed by atoms with Gasteiger partial charge in [0.15, 0.2) is 0 Å². The Balaban J connectivity index is 2.15. The Morgan fingerprint density at radius 3 is 2.30 bits per heavy atom. The van der Waals surface area contributed by atoms with Crippen LogP contribution in [0.25, 0.3) is 0 Å². The molecular weight excluding hydrogens is 250 g/mol. The molecule has 2 aromatic rings. The molecule has 2 aromatic carbocycles. The van der Waals surface area contributed by atoms with Gasteiger partial charge in [0.1, 0.15) is 6.04 Å². The summed E-state index contributed by atoms with van der Waals surface area (Å²) in [6.07, 6.45) is 0. The van der Waals surface area contributed by atoms with Crippen molar-refractivity contribution in [3.05, 3.63) is 54.6 Å². The van der Waals surface area contributed by atoms with E-state index in [2.05, 4.69) is 4.90 Å². The summed E-state index contributed by atoms with van der Waals surface area (Å²) in [5, 5.41) is 0. The largest absolute Gasteiger partial charge is 0.338 e. The molecule has 1 aliphatic heterocycles. The summed E-state index contributed by atoms with van der Waals surface area (Å²) in [6, 6.07) is 17.3. The second-order valence-corrected chi connectivity index (χ2v) is 4.94. The molecule has 1 atom stereocenters. The molecule has 1 heterocycles. The number of hydrogen-bond donors (Lipinski definition) is 1. The van der Waals surface area contributed by atoms with Crippen molar-refractivity contribution in [1.82, 2.24) is 0 Å². The van der Waals surface area contributed by atoms with Crippen molar-refractivity contribution in [1.29, 1.82) is 0 Å². The van der Waals surface area contributed by atoms with Gasteiger partial charge in [-0.1, -0.05) is 30.3 Å². The highest BCUT2D eigenvalue weighted by molar-refractivity contribution is 6.02. The number of benzene rings is 2. The van der Waals surface area contributed by atoms with E-state index in [9.17, 15) is 4.79 Å². The van der Waals surface area contributed by atoms with Gasteiger partial charge in [-0.2, -0.15) is 0 Å². The van der Waals surface area contributed by atoms with Crippen LogP contribution >= 0.6 is 0 Å². The Hall–Kier alpha value is -2.33. The van der Waals surface area contributed by atoms with Crippen LogP contribution in [-0.2, 0) is 4.79 Å². The van der Waals surface area contributed by atoms with E-state index in [0.717, 1.165) is 17.1 Å². The van der Waals surface area contributed by atoms with Gasteiger partial charge >= 0.3 is 0 Å². The van der Waals surface area contributed by atoms with Crippen LogP contribution in [0.1, 0.15) is 0 Å². The molecule has 0 aliphatic carbocycles. The molecule has 3 rings (SSSR count). The summed E-state index contributed by atoms with van der Waals surface area (Å²) in [6.45, 7) is 0.476. The molecule has 0 bridgehead atoms. The van der Waals surface area contributed by atoms with Crippen LogP contribution in [0.15, 0.2) is 54.6 Å². The number of anilines is 3. The predicted octanol–water partition coefficient (Wildman–Crippen LogP) is 2.13. The zero-order chi connectivity index (χ0) is 14.1. The molecule has 4 heteroatoms. The normalized spacial score (nSPS) is 18.7. The van der Waals surface area contributed by atoms with Crippen LogP contribution in [0, 0.1) is 0 Å². The Morgan fingerprint density at radius 1 is 1.00 bits per heavy atom. The van der Waals surface area contributed by atoms with E-state index >= 15 is 0 Å². The number of para-hydroxylation sites is 3. The highest BCUT2D eigenvalue weighted by Gasteiger charge is 2.29. The van der Waals surface area contributed by atoms with Crippen molar-refractivity contribution >= 4 is 23.0 Å². The molecule has 0 radical (unpaired) electrons. The Labute approximate surface area is 118 Å². The lowest BCUT2D eigenvalue weighted by atomic mass is 10.2. The molecule has 0 saturated carbocycles. The number of nitrogens with two attached hydrogens (primary N) is 1. The molecule has 0 saturated heterocycles. The molecule has 0 aromatic heterocycles. The number of hydrogen-bond acceptors (Lipinski definition) is 3. The average Bonchev–Trinajstić information content (AvgIpc) is 2.60. The highest BCUT2D eigenvalue weighted by atomic mass is 16.2. The summed E-state index contributed by atoms with van der Waals surface area (Å²) in [4.78, 5) is 16.0. The first-order valence-corrected chi connectivity index (χ1v) is 6.63. The van der Waals surface area contributed by atoms with Crippen molar-refractivity contribution in [2.45, 2.75) is 6.04 Å². The fourth-order valence-corrected chi connectivity index (χ4v) is 2.57. The number of likely N-dealkylation sites (N-methyl/N-ethyl adjacent to an activating group) is 1. The number of rotatable bonds is 1. The average molecular weight is 267 g/mol. The fraction of sp³-hybridized carbons (Fsp3) is 0.188. The van der Waals surface area contributed by atoms with Crippen LogP contribution in [0.2, 0.25) is 0 Å². The van der Waals surface area contributed by atoms with E-state index < -0.39 is 6.04 Å². The first-order valence-electron chi connectivity index (χ1n) is 6.63. The van der Waals surface area contributed by atoms with Crippen molar-refractivity contribution in [3.8, 4) is 0 Å². The maximum Gasteiger partial charge on any atom is 0.245 e. The van der Waals surface area contributed by atoms with Gasteiger partial charge < -0.3 is 15.5 Å². The molecule has 20 heavy (non-hydrogen) atoms. The Kier molecular flexibility index (Phi) is 3.16. The minimum Gasteiger partial charge on any atom is -0.338 e. The maximum absolute atomic E-state index is 12.3. The lowest BCUT2D eigenvalue weighted by Gasteiger charge is -2.25. The quantitative estimate of drug-likeness (QED) is 0.861. The van der Waals surface area contributed by atoms with E-state index in [0.29, 0.717) is 6.54 Å². The monoisotopic (exact) mass is 267 g/mol. The summed E-state index contributed by atoms with van der Waals surface area (Å²) in [5.41, 5.74) is 8.97. The van der Waals surface area contributed by atoms with Gasteiger partial charge in [0.05, 0.1) is 11.4 Å². The summed E-state index contributed by atoms with van der Waals surface area (Å²) in [7, 11) is 1.77. The summed E-state index contributed by atoms with van der Waals surface area (Å²) in [5.74, 6) is -0.0594. The molecule has 0 fully saturated rings. The van der Waals surface area contributed by atoms with Crippen LogP contribution < -0.4 is 15.5 Å². The SMILES string of the molecule is CN1C(=O)C(N)CN(c2ccccc2)c2ccccc21. The Bertz CT molecular complexity index is 627. The predicted molar refractivity (Wildman–Crippen MR) is 81.3 cm³/mol. The number of carbonyl (C=O) groups excluding carboxylic acids is 1. The number of amides is 1. The number of carbonyl (C=O) groups is 1. The molecule has 0 spiro atoms. The Morgan fingerprint density at radius 2 is 1.60 bits per heavy atom. The van der Waals surface area contributed by atoms with Crippen molar-refractivity contribution in [2.24, 2.45) is 5.73 Å². The van der Waals surface area contributed by atoms with E-state index in [1.807, 2.05) is 54.6 Å². The zero-order valence-corrected chi connectivity index (χ0v) is 11.4. The molecule has 2 N–H and O–H groups in total. The van der Waals surface area contributed by atoms with Crippen LogP contribution in [0.4, 0.5) is 17.1 Å². The van der Waals surface area contributed by atoms with Gasteiger partial charge in [-0.3, -0.25) is 4.79 Å². The van der Waals surface area contributed by atoms with Crippen molar-refractivity contribution in [3.63, 3.8) is 0 Å². The zero-order valence-electron chi connectivity index (χ0n) is 11.4. The number of nitrogens with zero attached hydrogens (tertiary/aromatic N) is 2. The molecular formula is C16H17N3O. The topological polar surface area (TPSA) is 49.6 Å².